The Kier molecular flexibility index (Phi) is 5.64. The van der Waals surface area contributed by atoms with Gasteiger partial charge in [-0.2, -0.15) is 4.99 Å². The van der Waals surface area contributed by atoms with Crippen molar-refractivity contribution in [3.8, 4) is 33.8 Å². The van der Waals surface area contributed by atoms with Crippen LogP contribution in [0.4, 0.5) is 0 Å². The van der Waals surface area contributed by atoms with Crippen LogP contribution in [0.5, 0.6) is 11.5 Å². The minimum absolute atomic E-state index is 0.166. The minimum atomic E-state index is -0.510. The Morgan fingerprint density at radius 2 is 1.34 bits per heavy atom. The number of phenols is 2. The molecular formula is C23H21N3O3. The minimum Gasteiger partial charge on any atom is -0.508 e. The molecule has 3 rings (SSSR count). The number of nitrogens with zero attached hydrogens (tertiary/aromatic N) is 1. The van der Waals surface area contributed by atoms with Gasteiger partial charge in [-0.25, -0.2) is 0 Å². The molecule has 0 bridgehead atoms. The van der Waals surface area contributed by atoms with Gasteiger partial charge >= 0.3 is 0 Å². The molecule has 0 heterocycles. The number of guanidine groups is 1. The predicted octanol–water partition coefficient (Wildman–Crippen LogP) is 3.64. The lowest BCUT2D eigenvalue weighted by atomic mass is 9.93. The Balaban J connectivity index is 2.12. The smallest absolute Gasteiger partial charge is 0.275 e. The van der Waals surface area contributed by atoms with Crippen molar-refractivity contribution in [1.82, 2.24) is 0 Å². The first-order valence-corrected chi connectivity index (χ1v) is 8.88. The van der Waals surface area contributed by atoms with E-state index >= 15 is 0 Å². The predicted molar refractivity (Wildman–Crippen MR) is 115 cm³/mol. The van der Waals surface area contributed by atoms with Crippen molar-refractivity contribution in [2.75, 3.05) is 0 Å². The molecule has 29 heavy (non-hydrogen) atoms. The van der Waals surface area contributed by atoms with Crippen LogP contribution >= 0.6 is 0 Å². The lowest BCUT2D eigenvalue weighted by Gasteiger charge is -2.11. The molecule has 0 saturated carbocycles. The van der Waals surface area contributed by atoms with Crippen molar-refractivity contribution in [2.24, 2.45) is 16.5 Å². The normalized spacial score (nSPS) is 11.1. The number of benzene rings is 3. The summed E-state index contributed by atoms with van der Waals surface area (Å²) in [6, 6.07) is 19.5. The molecule has 146 valence electrons. The summed E-state index contributed by atoms with van der Waals surface area (Å²) in [4.78, 5) is 15.7. The average Bonchev–Trinajstić information content (AvgIpc) is 2.69. The molecule has 0 radical (unpaired) electrons. The largest absolute Gasteiger partial charge is 0.508 e. The molecule has 0 aliphatic rings. The molecule has 3 aromatic carbocycles. The molecule has 0 unspecified atom stereocenters. The number of carbonyl (C=O) groups is 1. The number of aliphatic imine (C=N–C) groups is 1. The van der Waals surface area contributed by atoms with Crippen LogP contribution < -0.4 is 11.5 Å². The van der Waals surface area contributed by atoms with E-state index in [0.717, 1.165) is 27.8 Å². The second-order valence-corrected chi connectivity index (χ2v) is 6.56. The number of aromatic hydroxyl groups is 2. The fourth-order valence-corrected chi connectivity index (χ4v) is 2.91. The zero-order valence-corrected chi connectivity index (χ0v) is 15.8. The summed E-state index contributed by atoms with van der Waals surface area (Å²) in [7, 11) is 0. The average molecular weight is 387 g/mol. The highest BCUT2D eigenvalue weighted by atomic mass is 16.3. The van der Waals surface area contributed by atoms with Gasteiger partial charge in [-0.05, 0) is 71.1 Å². The lowest BCUT2D eigenvalue weighted by Crippen LogP contribution is -2.24. The summed E-state index contributed by atoms with van der Waals surface area (Å²) in [5, 5.41) is 19.1. The van der Waals surface area contributed by atoms with Crippen LogP contribution in [0.2, 0.25) is 0 Å². The number of hydrogen-bond donors (Lipinski definition) is 4. The molecule has 0 aliphatic carbocycles. The zero-order chi connectivity index (χ0) is 21.0. The number of hydrogen-bond acceptors (Lipinski definition) is 3. The van der Waals surface area contributed by atoms with Gasteiger partial charge in [0.25, 0.3) is 5.91 Å². The van der Waals surface area contributed by atoms with Crippen molar-refractivity contribution in [2.45, 2.75) is 6.92 Å². The van der Waals surface area contributed by atoms with Gasteiger partial charge in [-0.15, -0.1) is 0 Å². The number of nitrogens with two attached hydrogens (primary N) is 2. The van der Waals surface area contributed by atoms with Gasteiger partial charge in [0.05, 0.1) is 0 Å². The molecule has 6 heteroatoms. The highest BCUT2D eigenvalue weighted by Crippen LogP contribution is 2.32. The van der Waals surface area contributed by atoms with Crippen LogP contribution in [-0.2, 0) is 4.79 Å². The first kappa shape index (κ1) is 19.7. The number of amides is 1. The van der Waals surface area contributed by atoms with Gasteiger partial charge in [0, 0.05) is 5.57 Å². The number of phenolic OH excluding ortho intramolecular Hbond substituents is 2. The van der Waals surface area contributed by atoms with Crippen molar-refractivity contribution >= 4 is 17.9 Å². The maximum absolute atomic E-state index is 12.1. The molecular weight excluding hydrogens is 366 g/mol. The molecule has 0 fully saturated rings. The van der Waals surface area contributed by atoms with Crippen LogP contribution in [0.25, 0.3) is 28.3 Å². The Morgan fingerprint density at radius 3 is 1.90 bits per heavy atom. The van der Waals surface area contributed by atoms with E-state index < -0.39 is 5.91 Å². The maximum atomic E-state index is 12.1. The van der Waals surface area contributed by atoms with Gasteiger partial charge < -0.3 is 21.7 Å². The van der Waals surface area contributed by atoms with E-state index in [9.17, 15) is 15.0 Å². The lowest BCUT2D eigenvalue weighted by molar-refractivity contribution is -0.114. The van der Waals surface area contributed by atoms with Crippen molar-refractivity contribution < 1.29 is 15.0 Å². The monoisotopic (exact) mass is 387 g/mol. The van der Waals surface area contributed by atoms with Gasteiger partial charge in [-0.3, -0.25) is 4.79 Å². The molecule has 0 aliphatic heterocycles. The Labute approximate surface area is 168 Å². The summed E-state index contributed by atoms with van der Waals surface area (Å²) in [5.41, 5.74) is 15.4. The molecule has 0 atom stereocenters. The van der Waals surface area contributed by atoms with Crippen LogP contribution in [0.1, 0.15) is 12.5 Å². The van der Waals surface area contributed by atoms with Crippen molar-refractivity contribution in [3.63, 3.8) is 0 Å². The van der Waals surface area contributed by atoms with E-state index in [1.807, 2.05) is 30.3 Å². The maximum Gasteiger partial charge on any atom is 0.275 e. The van der Waals surface area contributed by atoms with Crippen molar-refractivity contribution in [3.05, 3.63) is 77.9 Å². The number of carbonyl (C=O) groups excluding carboxylic acids is 1. The highest BCUT2D eigenvalue weighted by Gasteiger charge is 2.10. The molecule has 0 aromatic heterocycles. The van der Waals surface area contributed by atoms with Gasteiger partial charge in [0.15, 0.2) is 5.96 Å². The third-order valence-corrected chi connectivity index (χ3v) is 4.37. The van der Waals surface area contributed by atoms with Crippen LogP contribution in [0.15, 0.2) is 77.3 Å². The number of rotatable bonds is 4. The van der Waals surface area contributed by atoms with E-state index in [2.05, 4.69) is 4.99 Å². The quantitative estimate of drug-likeness (QED) is 0.309. The van der Waals surface area contributed by atoms with E-state index in [-0.39, 0.29) is 17.5 Å². The zero-order valence-electron chi connectivity index (χ0n) is 15.8. The fourth-order valence-electron chi connectivity index (χ4n) is 2.91. The standard InChI is InChI=1S/C23H21N3O3/c1-14(22(29)26-23(24)25)12-18-3-2-17(15-4-8-19(27)9-5-15)13-21(18)16-6-10-20(28)11-7-16/h2-13,27-28H,1H3,(H4,24,25,26,29)/b14-12+. The Hall–Kier alpha value is -4.06. The van der Waals surface area contributed by atoms with Crippen molar-refractivity contribution in [1.29, 1.82) is 0 Å². The highest BCUT2D eigenvalue weighted by molar-refractivity contribution is 6.04. The third-order valence-electron chi connectivity index (χ3n) is 4.37. The van der Waals surface area contributed by atoms with E-state index in [1.165, 1.54) is 0 Å². The second-order valence-electron chi connectivity index (χ2n) is 6.56. The SMILES string of the molecule is C/C(=C\c1ccc(-c2ccc(O)cc2)cc1-c1ccc(O)cc1)C(=O)N=C(N)N. The fraction of sp³-hybridized carbons (Fsp3) is 0.0435. The van der Waals surface area contributed by atoms with Crippen LogP contribution in [0.3, 0.4) is 0 Å². The molecule has 6 nitrogen and oxygen atoms in total. The van der Waals surface area contributed by atoms with E-state index in [0.29, 0.717) is 5.57 Å². The summed E-state index contributed by atoms with van der Waals surface area (Å²) in [5.74, 6) is -0.436. The van der Waals surface area contributed by atoms with Gasteiger partial charge in [0.1, 0.15) is 11.5 Å². The summed E-state index contributed by atoms with van der Waals surface area (Å²) in [6.45, 7) is 1.64. The first-order chi connectivity index (χ1) is 13.8. The Morgan fingerprint density at radius 1 is 0.828 bits per heavy atom. The summed E-state index contributed by atoms with van der Waals surface area (Å²) < 4.78 is 0. The van der Waals surface area contributed by atoms with Gasteiger partial charge in [-0.1, -0.05) is 36.4 Å². The van der Waals surface area contributed by atoms with Crippen LogP contribution in [0, 0.1) is 0 Å². The van der Waals surface area contributed by atoms with Gasteiger partial charge in [0.2, 0.25) is 0 Å². The molecule has 6 N–H and O–H groups in total. The molecule has 0 saturated heterocycles. The van der Waals surface area contributed by atoms with E-state index in [4.69, 9.17) is 11.5 Å². The van der Waals surface area contributed by atoms with E-state index in [1.54, 1.807) is 49.4 Å². The second kappa shape index (κ2) is 8.31. The topological polar surface area (TPSA) is 122 Å². The summed E-state index contributed by atoms with van der Waals surface area (Å²) in [6.07, 6.45) is 1.72. The molecule has 0 spiro atoms. The Bertz CT molecular complexity index is 1100. The molecule has 1 amide bonds. The first-order valence-electron chi connectivity index (χ1n) is 8.88. The molecule has 3 aromatic rings. The van der Waals surface area contributed by atoms with Crippen LogP contribution in [-0.4, -0.2) is 22.1 Å². The summed E-state index contributed by atoms with van der Waals surface area (Å²) >= 11 is 0. The third kappa shape index (κ3) is 4.81.